The summed E-state index contributed by atoms with van der Waals surface area (Å²) < 4.78 is 0. The molecule has 4 rings (SSSR count). The van der Waals surface area contributed by atoms with Crippen LogP contribution in [0, 0.1) is 5.92 Å². The molecule has 4 heteroatoms. The molecule has 1 aromatic heterocycles. The molecule has 2 aliphatic rings. The highest BCUT2D eigenvalue weighted by Crippen LogP contribution is 2.37. The Balaban J connectivity index is 1.71. The van der Waals surface area contributed by atoms with Gasteiger partial charge in [0.2, 0.25) is 5.91 Å². The van der Waals surface area contributed by atoms with Crippen LogP contribution in [0.1, 0.15) is 49.8 Å². The van der Waals surface area contributed by atoms with Gasteiger partial charge in [-0.1, -0.05) is 50.6 Å². The molecular formula is C24H31N3O. The van der Waals surface area contributed by atoms with Crippen molar-refractivity contribution in [2.45, 2.75) is 58.2 Å². The second kappa shape index (κ2) is 8.04. The number of benzene rings is 1. The van der Waals surface area contributed by atoms with Crippen LogP contribution in [0.5, 0.6) is 0 Å². The molecule has 0 N–H and O–H groups in total. The zero-order chi connectivity index (χ0) is 19.6. The summed E-state index contributed by atoms with van der Waals surface area (Å²) >= 11 is 0. The number of piperidine rings is 1. The summed E-state index contributed by atoms with van der Waals surface area (Å²) in [6.07, 6.45) is 8.43. The molecule has 1 unspecified atom stereocenters. The van der Waals surface area contributed by atoms with Crippen molar-refractivity contribution >= 4 is 5.91 Å². The molecule has 1 aromatic carbocycles. The van der Waals surface area contributed by atoms with Gasteiger partial charge in [-0.15, -0.1) is 0 Å². The van der Waals surface area contributed by atoms with Crippen LogP contribution in [0.3, 0.4) is 0 Å². The maximum absolute atomic E-state index is 13.0. The van der Waals surface area contributed by atoms with Gasteiger partial charge in [-0.3, -0.25) is 14.7 Å². The SMILES string of the molecule is CC(C)C(=O)N1Cc2ccccc2CC2(CCCCN2Cc2cccnc2)C1. The largest absolute Gasteiger partial charge is 0.336 e. The lowest BCUT2D eigenvalue weighted by atomic mass is 9.80. The van der Waals surface area contributed by atoms with Crippen molar-refractivity contribution in [1.29, 1.82) is 0 Å². The number of pyridine rings is 1. The average molecular weight is 378 g/mol. The summed E-state index contributed by atoms with van der Waals surface area (Å²) in [6, 6.07) is 12.9. The molecule has 2 aliphatic heterocycles. The summed E-state index contributed by atoms with van der Waals surface area (Å²) in [6.45, 7) is 7.56. The van der Waals surface area contributed by atoms with E-state index in [0.29, 0.717) is 0 Å². The normalized spacial score (nSPS) is 22.9. The van der Waals surface area contributed by atoms with Gasteiger partial charge in [0.1, 0.15) is 0 Å². The lowest BCUT2D eigenvalue weighted by Gasteiger charge is -2.49. The maximum Gasteiger partial charge on any atom is 0.225 e. The molecule has 0 saturated carbocycles. The first-order valence-corrected chi connectivity index (χ1v) is 10.6. The smallest absolute Gasteiger partial charge is 0.225 e. The minimum absolute atomic E-state index is 0.00520. The summed E-state index contributed by atoms with van der Waals surface area (Å²) in [5, 5.41) is 0. The van der Waals surface area contributed by atoms with E-state index < -0.39 is 0 Å². The van der Waals surface area contributed by atoms with Crippen molar-refractivity contribution in [3.63, 3.8) is 0 Å². The van der Waals surface area contributed by atoms with E-state index in [1.165, 1.54) is 29.5 Å². The molecule has 0 aliphatic carbocycles. The maximum atomic E-state index is 13.0. The third-order valence-electron chi connectivity index (χ3n) is 6.38. The van der Waals surface area contributed by atoms with E-state index in [0.717, 1.165) is 39.0 Å². The number of nitrogens with zero attached hydrogens (tertiary/aromatic N) is 3. The van der Waals surface area contributed by atoms with E-state index in [2.05, 4.69) is 45.1 Å². The Hall–Kier alpha value is -2.20. The van der Waals surface area contributed by atoms with Crippen molar-refractivity contribution < 1.29 is 4.79 Å². The number of carbonyl (C=O) groups excluding carboxylic acids is 1. The third-order valence-corrected chi connectivity index (χ3v) is 6.38. The molecule has 28 heavy (non-hydrogen) atoms. The summed E-state index contributed by atoms with van der Waals surface area (Å²) in [7, 11) is 0. The van der Waals surface area contributed by atoms with E-state index in [9.17, 15) is 4.79 Å². The summed E-state index contributed by atoms with van der Waals surface area (Å²) in [4.78, 5) is 22.1. The van der Waals surface area contributed by atoms with E-state index in [-0.39, 0.29) is 17.4 Å². The number of hydrogen-bond acceptors (Lipinski definition) is 3. The fraction of sp³-hybridized carbons (Fsp3) is 0.500. The van der Waals surface area contributed by atoms with Gasteiger partial charge in [0, 0.05) is 43.5 Å². The molecule has 1 amide bonds. The van der Waals surface area contributed by atoms with Crippen LogP contribution in [0.15, 0.2) is 48.8 Å². The first kappa shape index (κ1) is 19.1. The molecule has 1 atom stereocenters. The Morgan fingerprint density at radius 2 is 1.96 bits per heavy atom. The molecule has 1 fully saturated rings. The first-order valence-electron chi connectivity index (χ1n) is 10.6. The molecule has 1 spiro atoms. The summed E-state index contributed by atoms with van der Waals surface area (Å²) in [5.74, 6) is 0.292. The highest BCUT2D eigenvalue weighted by Gasteiger charge is 2.43. The Kier molecular flexibility index (Phi) is 5.49. The van der Waals surface area contributed by atoms with Crippen molar-refractivity contribution in [3.8, 4) is 0 Å². The average Bonchev–Trinajstić information content (AvgIpc) is 2.87. The van der Waals surface area contributed by atoms with Gasteiger partial charge in [-0.05, 0) is 48.6 Å². The zero-order valence-electron chi connectivity index (χ0n) is 17.1. The van der Waals surface area contributed by atoms with Gasteiger partial charge >= 0.3 is 0 Å². The monoisotopic (exact) mass is 377 g/mol. The van der Waals surface area contributed by atoms with Crippen LogP contribution in [0.2, 0.25) is 0 Å². The molecule has 4 nitrogen and oxygen atoms in total. The fourth-order valence-corrected chi connectivity index (χ4v) is 4.92. The van der Waals surface area contributed by atoms with Gasteiger partial charge in [0.25, 0.3) is 0 Å². The van der Waals surface area contributed by atoms with E-state index in [4.69, 9.17) is 0 Å². The van der Waals surface area contributed by atoms with Crippen molar-refractivity contribution in [2.24, 2.45) is 5.92 Å². The topological polar surface area (TPSA) is 36.4 Å². The Morgan fingerprint density at radius 3 is 2.71 bits per heavy atom. The van der Waals surface area contributed by atoms with Crippen molar-refractivity contribution in [2.75, 3.05) is 13.1 Å². The summed E-state index contributed by atoms with van der Waals surface area (Å²) in [5.41, 5.74) is 3.97. The number of likely N-dealkylation sites (tertiary alicyclic amines) is 1. The van der Waals surface area contributed by atoms with Crippen LogP contribution >= 0.6 is 0 Å². The lowest BCUT2D eigenvalue weighted by Crippen LogP contribution is -2.59. The Morgan fingerprint density at radius 1 is 1.14 bits per heavy atom. The van der Waals surface area contributed by atoms with Crippen LogP contribution < -0.4 is 0 Å². The van der Waals surface area contributed by atoms with E-state index >= 15 is 0 Å². The van der Waals surface area contributed by atoms with Crippen LogP contribution in [0.25, 0.3) is 0 Å². The van der Waals surface area contributed by atoms with E-state index in [1.54, 1.807) is 0 Å². The van der Waals surface area contributed by atoms with Gasteiger partial charge in [0.05, 0.1) is 0 Å². The molecule has 148 valence electrons. The van der Waals surface area contributed by atoms with Crippen molar-refractivity contribution in [1.82, 2.24) is 14.8 Å². The second-order valence-corrected chi connectivity index (χ2v) is 8.76. The van der Waals surface area contributed by atoms with Gasteiger partial charge < -0.3 is 4.90 Å². The van der Waals surface area contributed by atoms with Crippen molar-refractivity contribution in [3.05, 3.63) is 65.5 Å². The number of carbonyl (C=O) groups is 1. The first-order chi connectivity index (χ1) is 13.6. The third kappa shape index (κ3) is 3.83. The lowest BCUT2D eigenvalue weighted by molar-refractivity contribution is -0.137. The Bertz CT molecular complexity index is 820. The fourth-order valence-electron chi connectivity index (χ4n) is 4.92. The number of hydrogen-bond donors (Lipinski definition) is 0. The molecular weight excluding hydrogens is 346 g/mol. The zero-order valence-corrected chi connectivity index (χ0v) is 17.1. The minimum Gasteiger partial charge on any atom is -0.336 e. The van der Waals surface area contributed by atoms with Gasteiger partial charge in [-0.2, -0.15) is 0 Å². The minimum atomic E-state index is 0.00520. The quantitative estimate of drug-likeness (QED) is 0.810. The molecule has 3 heterocycles. The van der Waals surface area contributed by atoms with E-state index in [1.807, 2.05) is 32.3 Å². The number of amides is 1. The van der Waals surface area contributed by atoms with Gasteiger partial charge in [0.15, 0.2) is 0 Å². The molecule has 0 bridgehead atoms. The van der Waals surface area contributed by atoms with Gasteiger partial charge in [-0.25, -0.2) is 0 Å². The number of aromatic nitrogens is 1. The standard InChI is InChI=1S/C24H31N3O/c1-19(2)23(28)26-17-22-10-4-3-9-21(22)14-24(18-26)11-5-6-13-27(24)16-20-8-7-12-25-15-20/h3-4,7-10,12,15,19H,5-6,11,13-14,16-18H2,1-2H3. The molecule has 2 aromatic rings. The van der Waals surface area contributed by atoms with Crippen LogP contribution in [-0.2, 0) is 24.3 Å². The Labute approximate surface area is 168 Å². The molecule has 1 saturated heterocycles. The number of fused-ring (bicyclic) bond motifs is 1. The second-order valence-electron chi connectivity index (χ2n) is 8.76. The number of rotatable bonds is 3. The predicted molar refractivity (Wildman–Crippen MR) is 112 cm³/mol. The predicted octanol–water partition coefficient (Wildman–Crippen LogP) is 4.05. The highest BCUT2D eigenvalue weighted by molar-refractivity contribution is 5.78. The molecule has 0 radical (unpaired) electrons. The highest BCUT2D eigenvalue weighted by atomic mass is 16.2. The van der Waals surface area contributed by atoms with Crippen LogP contribution in [-0.4, -0.2) is 39.3 Å². The van der Waals surface area contributed by atoms with Crippen LogP contribution in [0.4, 0.5) is 0 Å².